The van der Waals surface area contributed by atoms with Crippen LogP contribution in [0.15, 0.2) is 23.1 Å². The predicted octanol–water partition coefficient (Wildman–Crippen LogP) is 2.33. The normalized spacial score (nSPS) is 15.6. The Kier molecular flexibility index (Phi) is 5.52. The molecule has 0 aromatic rings. The third kappa shape index (κ3) is 4.15. The van der Waals surface area contributed by atoms with Crippen LogP contribution in [0.1, 0.15) is 13.8 Å². The highest BCUT2D eigenvalue weighted by molar-refractivity contribution is 8.05. The molecule has 0 aliphatic carbocycles. The molecule has 52 valence electrons. The first-order valence-corrected chi connectivity index (χ1v) is 4.02. The number of thioether (sulfide) groups is 1. The first-order chi connectivity index (χ1) is 4.39. The van der Waals surface area contributed by atoms with Gasteiger partial charge in [-0.3, -0.25) is 0 Å². The molecule has 0 amide bonds. The fourth-order valence-electron chi connectivity index (χ4n) is 0.393. The summed E-state index contributed by atoms with van der Waals surface area (Å²) in [7, 11) is 0. The lowest BCUT2D eigenvalue weighted by atomic mass is 10.6. The van der Waals surface area contributed by atoms with Crippen LogP contribution in [0.2, 0.25) is 0 Å². The first kappa shape index (κ1) is 8.63. The number of hydrogen-bond acceptors (Lipinski definition) is 2. The van der Waals surface area contributed by atoms with Crippen LogP contribution in [0.3, 0.4) is 0 Å². The van der Waals surface area contributed by atoms with Crippen molar-refractivity contribution in [1.82, 2.24) is 5.32 Å². The van der Waals surface area contributed by atoms with Crippen LogP contribution in [-0.4, -0.2) is 6.54 Å². The maximum Gasteiger partial charge on any atom is 0.0653 e. The Labute approximate surface area is 61.2 Å². The van der Waals surface area contributed by atoms with E-state index in [4.69, 9.17) is 0 Å². The molecular weight excluding hydrogens is 130 g/mol. The standard InChI is InChI=1S/C5H7NS.C2H6/c1-5-6-3-2-4-7-5;1-2/h2,4,6H,1,3H2;1-2H3. The molecule has 0 aromatic heterocycles. The van der Waals surface area contributed by atoms with E-state index in [0.29, 0.717) is 0 Å². The molecule has 0 spiro atoms. The van der Waals surface area contributed by atoms with E-state index in [9.17, 15) is 0 Å². The van der Waals surface area contributed by atoms with E-state index in [1.54, 1.807) is 11.8 Å². The summed E-state index contributed by atoms with van der Waals surface area (Å²) in [6.45, 7) is 8.65. The van der Waals surface area contributed by atoms with Gasteiger partial charge in [0.25, 0.3) is 0 Å². The van der Waals surface area contributed by atoms with Crippen molar-refractivity contribution in [3.8, 4) is 0 Å². The molecular formula is C7H13NS. The van der Waals surface area contributed by atoms with Crippen molar-refractivity contribution < 1.29 is 0 Å². The summed E-state index contributed by atoms with van der Waals surface area (Å²) in [6, 6.07) is 0. The van der Waals surface area contributed by atoms with Gasteiger partial charge in [-0.25, -0.2) is 0 Å². The van der Waals surface area contributed by atoms with E-state index in [0.717, 1.165) is 11.6 Å². The summed E-state index contributed by atoms with van der Waals surface area (Å²) in [5, 5.41) is 6.15. The minimum absolute atomic E-state index is 0.936. The predicted molar refractivity (Wildman–Crippen MR) is 45.2 cm³/mol. The average molecular weight is 143 g/mol. The Morgan fingerprint density at radius 2 is 2.33 bits per heavy atom. The number of rotatable bonds is 0. The van der Waals surface area contributed by atoms with E-state index in [2.05, 4.69) is 18.0 Å². The Morgan fingerprint density at radius 3 is 2.56 bits per heavy atom. The summed E-state index contributed by atoms with van der Waals surface area (Å²) >= 11 is 1.63. The zero-order chi connectivity index (χ0) is 7.11. The summed E-state index contributed by atoms with van der Waals surface area (Å²) in [6.07, 6.45) is 2.07. The highest BCUT2D eigenvalue weighted by Crippen LogP contribution is 2.13. The zero-order valence-electron chi connectivity index (χ0n) is 5.98. The molecule has 0 atom stereocenters. The zero-order valence-corrected chi connectivity index (χ0v) is 6.79. The van der Waals surface area contributed by atoms with E-state index in [1.165, 1.54) is 0 Å². The summed E-state index contributed by atoms with van der Waals surface area (Å²) in [4.78, 5) is 0. The molecule has 1 heterocycles. The molecule has 1 N–H and O–H groups in total. The van der Waals surface area contributed by atoms with Crippen LogP contribution in [0.5, 0.6) is 0 Å². The lowest BCUT2D eigenvalue weighted by Gasteiger charge is -2.06. The van der Waals surface area contributed by atoms with E-state index < -0.39 is 0 Å². The summed E-state index contributed by atoms with van der Waals surface area (Å²) < 4.78 is 0. The van der Waals surface area contributed by atoms with Crippen LogP contribution < -0.4 is 5.32 Å². The summed E-state index contributed by atoms with van der Waals surface area (Å²) in [5.74, 6) is 0. The molecule has 0 aromatic carbocycles. The van der Waals surface area contributed by atoms with E-state index in [1.807, 2.05) is 19.3 Å². The lowest BCUT2D eigenvalue weighted by Crippen LogP contribution is -2.11. The average Bonchev–Trinajstić information content (AvgIpc) is 1.94. The van der Waals surface area contributed by atoms with Gasteiger partial charge in [0.15, 0.2) is 0 Å². The Morgan fingerprint density at radius 1 is 1.67 bits per heavy atom. The highest BCUT2D eigenvalue weighted by atomic mass is 32.2. The van der Waals surface area contributed by atoms with Gasteiger partial charge in [-0.05, 0) is 5.41 Å². The first-order valence-electron chi connectivity index (χ1n) is 3.14. The van der Waals surface area contributed by atoms with E-state index in [-0.39, 0.29) is 0 Å². The molecule has 0 bridgehead atoms. The Bertz CT molecular complexity index is 107. The second kappa shape index (κ2) is 5.76. The quantitative estimate of drug-likeness (QED) is 0.558. The van der Waals surface area contributed by atoms with Crippen LogP contribution >= 0.6 is 11.8 Å². The van der Waals surface area contributed by atoms with Crippen LogP contribution in [0.25, 0.3) is 0 Å². The molecule has 1 rings (SSSR count). The van der Waals surface area contributed by atoms with Crippen molar-refractivity contribution in [1.29, 1.82) is 0 Å². The molecule has 1 aliphatic heterocycles. The Balaban J connectivity index is 0.000000291. The van der Waals surface area contributed by atoms with Crippen LogP contribution in [0.4, 0.5) is 0 Å². The monoisotopic (exact) mass is 143 g/mol. The van der Waals surface area contributed by atoms with Gasteiger partial charge in [-0.1, -0.05) is 38.3 Å². The van der Waals surface area contributed by atoms with Gasteiger partial charge < -0.3 is 5.32 Å². The minimum Gasteiger partial charge on any atom is -0.377 e. The molecule has 1 nitrogen and oxygen atoms in total. The van der Waals surface area contributed by atoms with Gasteiger partial charge >= 0.3 is 0 Å². The highest BCUT2D eigenvalue weighted by Gasteiger charge is 1.91. The van der Waals surface area contributed by atoms with Crippen molar-refractivity contribution >= 4 is 11.8 Å². The van der Waals surface area contributed by atoms with Gasteiger partial charge in [0.05, 0.1) is 5.03 Å². The van der Waals surface area contributed by atoms with E-state index >= 15 is 0 Å². The second-order valence-electron chi connectivity index (χ2n) is 1.29. The molecule has 0 saturated carbocycles. The van der Waals surface area contributed by atoms with Gasteiger partial charge in [-0.15, -0.1) is 0 Å². The van der Waals surface area contributed by atoms with Gasteiger partial charge in [0, 0.05) is 6.54 Å². The third-order valence-corrected chi connectivity index (χ3v) is 1.48. The van der Waals surface area contributed by atoms with Gasteiger partial charge in [-0.2, -0.15) is 0 Å². The summed E-state index contributed by atoms with van der Waals surface area (Å²) in [5.41, 5.74) is 0. The Hall–Kier alpha value is -0.370. The molecule has 0 radical (unpaired) electrons. The molecule has 0 saturated heterocycles. The fourth-order valence-corrected chi connectivity index (χ4v) is 0.916. The molecule has 2 heteroatoms. The lowest BCUT2D eigenvalue weighted by molar-refractivity contribution is 0.968. The third-order valence-electron chi connectivity index (χ3n) is 0.724. The molecule has 0 fully saturated rings. The van der Waals surface area contributed by atoms with Gasteiger partial charge in [0.1, 0.15) is 0 Å². The van der Waals surface area contributed by atoms with Crippen LogP contribution in [0, 0.1) is 0 Å². The van der Waals surface area contributed by atoms with Crippen molar-refractivity contribution in [3.05, 3.63) is 23.1 Å². The SMILES string of the molecule is C=C1NCC=CS1.CC. The topological polar surface area (TPSA) is 12.0 Å². The van der Waals surface area contributed by atoms with Gasteiger partial charge in [0.2, 0.25) is 0 Å². The molecule has 0 unspecified atom stereocenters. The number of hydrogen-bond donors (Lipinski definition) is 1. The van der Waals surface area contributed by atoms with Crippen molar-refractivity contribution in [2.24, 2.45) is 0 Å². The fraction of sp³-hybridized carbons (Fsp3) is 0.429. The second-order valence-corrected chi connectivity index (χ2v) is 2.29. The maximum absolute atomic E-state index is 3.71. The molecule has 1 aliphatic rings. The largest absolute Gasteiger partial charge is 0.377 e. The smallest absolute Gasteiger partial charge is 0.0653 e. The van der Waals surface area contributed by atoms with Crippen LogP contribution in [-0.2, 0) is 0 Å². The van der Waals surface area contributed by atoms with Crippen molar-refractivity contribution in [3.63, 3.8) is 0 Å². The number of nitrogens with one attached hydrogen (secondary N) is 1. The van der Waals surface area contributed by atoms with Crippen molar-refractivity contribution in [2.75, 3.05) is 6.54 Å². The molecule has 9 heavy (non-hydrogen) atoms. The minimum atomic E-state index is 0.936. The van der Waals surface area contributed by atoms with Crippen molar-refractivity contribution in [2.45, 2.75) is 13.8 Å². The maximum atomic E-state index is 3.71.